The molecule has 2 aliphatic heterocycles. The SMILES string of the molecule is C=C(CC(CC)=NC(C)=NC)N1CCC2(CC1)CC(C1=NC(c3ccc(F)c(F)c3)=NC1)C2.CC. The summed E-state index contributed by atoms with van der Waals surface area (Å²) in [6.07, 6.45) is 6.32. The molecule has 2 fully saturated rings. The number of allylic oxidation sites excluding steroid dienone is 1. The van der Waals surface area contributed by atoms with Crippen molar-refractivity contribution in [1.82, 2.24) is 4.90 Å². The summed E-state index contributed by atoms with van der Waals surface area (Å²) in [7, 11) is 1.77. The van der Waals surface area contributed by atoms with Gasteiger partial charge in [0.15, 0.2) is 17.5 Å². The first-order valence-electron chi connectivity index (χ1n) is 12.8. The fourth-order valence-corrected chi connectivity index (χ4v) is 5.17. The molecule has 0 radical (unpaired) electrons. The van der Waals surface area contributed by atoms with E-state index in [1.165, 1.54) is 18.9 Å². The van der Waals surface area contributed by atoms with E-state index in [-0.39, 0.29) is 0 Å². The maximum absolute atomic E-state index is 13.6. The zero-order valence-electron chi connectivity index (χ0n) is 21.9. The molecule has 190 valence electrons. The van der Waals surface area contributed by atoms with Crippen molar-refractivity contribution in [3.63, 3.8) is 0 Å². The van der Waals surface area contributed by atoms with E-state index in [2.05, 4.69) is 38.4 Å². The molecule has 0 N–H and O–H groups in total. The first kappa shape index (κ1) is 26.9. The summed E-state index contributed by atoms with van der Waals surface area (Å²) >= 11 is 0. The summed E-state index contributed by atoms with van der Waals surface area (Å²) in [6.45, 7) is 15.0. The molecule has 2 heterocycles. The Kier molecular flexibility index (Phi) is 9.09. The monoisotopic (exact) mass is 483 g/mol. The fraction of sp³-hybridized carbons (Fsp3) is 0.571. The molecular formula is C28H39F2N5. The maximum Gasteiger partial charge on any atom is 0.159 e. The van der Waals surface area contributed by atoms with Crippen LogP contribution < -0.4 is 0 Å². The van der Waals surface area contributed by atoms with Crippen LogP contribution >= 0.6 is 0 Å². The average Bonchev–Trinajstić information content (AvgIpc) is 3.34. The Bertz CT molecular complexity index is 1040. The predicted molar refractivity (Wildman–Crippen MR) is 143 cm³/mol. The lowest BCUT2D eigenvalue weighted by Gasteiger charge is -2.53. The second-order valence-corrected chi connectivity index (χ2v) is 9.51. The number of likely N-dealkylation sites (tertiary alicyclic amines) is 1. The molecule has 1 saturated carbocycles. The van der Waals surface area contributed by atoms with Crippen molar-refractivity contribution in [2.75, 3.05) is 26.7 Å². The number of hydrogen-bond donors (Lipinski definition) is 0. The van der Waals surface area contributed by atoms with Crippen LogP contribution in [0.5, 0.6) is 0 Å². The van der Waals surface area contributed by atoms with Gasteiger partial charge in [-0.3, -0.25) is 9.98 Å². The lowest BCUT2D eigenvalue weighted by Crippen LogP contribution is -2.49. The predicted octanol–water partition coefficient (Wildman–Crippen LogP) is 6.49. The van der Waals surface area contributed by atoms with Crippen LogP contribution in [-0.4, -0.2) is 54.7 Å². The van der Waals surface area contributed by atoms with Crippen molar-refractivity contribution < 1.29 is 8.78 Å². The van der Waals surface area contributed by atoms with Crippen LogP contribution in [-0.2, 0) is 0 Å². The van der Waals surface area contributed by atoms with Gasteiger partial charge < -0.3 is 4.90 Å². The number of nitrogens with zero attached hydrogens (tertiary/aromatic N) is 5. The van der Waals surface area contributed by atoms with Gasteiger partial charge in [-0.05, 0) is 62.6 Å². The molecule has 35 heavy (non-hydrogen) atoms. The van der Waals surface area contributed by atoms with Gasteiger partial charge in [0.2, 0.25) is 0 Å². The van der Waals surface area contributed by atoms with Crippen molar-refractivity contribution >= 4 is 23.1 Å². The Morgan fingerprint density at radius 3 is 2.46 bits per heavy atom. The third-order valence-corrected chi connectivity index (χ3v) is 7.38. The first-order valence-corrected chi connectivity index (χ1v) is 12.8. The number of amidine groups is 2. The minimum atomic E-state index is -0.860. The molecule has 1 aromatic carbocycles. The van der Waals surface area contributed by atoms with Crippen LogP contribution in [0.3, 0.4) is 0 Å². The van der Waals surface area contributed by atoms with E-state index in [9.17, 15) is 8.78 Å². The Balaban J connectivity index is 0.00000167. The van der Waals surface area contributed by atoms with Gasteiger partial charge >= 0.3 is 0 Å². The van der Waals surface area contributed by atoms with Crippen molar-refractivity contribution in [2.45, 2.75) is 66.2 Å². The molecule has 0 amide bonds. The summed E-state index contributed by atoms with van der Waals surface area (Å²) in [6, 6.07) is 3.85. The molecule has 7 heteroatoms. The standard InChI is InChI=1S/C26H33F2N5.C2H6/c1-5-21(31-18(3)29-4)12-17(2)33-10-8-26(9-11-33)14-20(15-26)24-16-30-25(32-24)19-6-7-22(27)23(28)13-19;1-2/h6-7,13,20H,2,5,8-12,14-16H2,1,3-4H3;1-2H3. The molecule has 1 spiro atoms. The third-order valence-electron chi connectivity index (χ3n) is 7.38. The lowest BCUT2D eigenvalue weighted by atomic mass is 9.56. The minimum absolute atomic E-state index is 0.391. The smallest absolute Gasteiger partial charge is 0.159 e. The van der Waals surface area contributed by atoms with Gasteiger partial charge in [-0.15, -0.1) is 0 Å². The van der Waals surface area contributed by atoms with E-state index >= 15 is 0 Å². The normalized spacial score (nSPS) is 20.1. The minimum Gasteiger partial charge on any atom is -0.375 e. The van der Waals surface area contributed by atoms with E-state index in [1.54, 1.807) is 13.1 Å². The van der Waals surface area contributed by atoms with Gasteiger partial charge in [0.25, 0.3) is 0 Å². The van der Waals surface area contributed by atoms with Crippen LogP contribution in [0.1, 0.15) is 71.8 Å². The highest BCUT2D eigenvalue weighted by Gasteiger charge is 2.47. The van der Waals surface area contributed by atoms with E-state index < -0.39 is 11.6 Å². The van der Waals surface area contributed by atoms with Crippen molar-refractivity contribution in [3.8, 4) is 0 Å². The fourth-order valence-electron chi connectivity index (χ4n) is 5.17. The van der Waals surface area contributed by atoms with Crippen molar-refractivity contribution in [2.24, 2.45) is 31.3 Å². The number of piperidine rings is 1. The number of hydrogen-bond acceptors (Lipinski definition) is 4. The second kappa shape index (κ2) is 11.8. The van der Waals surface area contributed by atoms with Gasteiger partial charge in [-0.2, -0.15) is 0 Å². The highest BCUT2D eigenvalue weighted by atomic mass is 19.2. The summed E-state index contributed by atoms with van der Waals surface area (Å²) in [5, 5.41) is 0. The number of halogens is 2. The Labute approximate surface area is 208 Å². The summed E-state index contributed by atoms with van der Waals surface area (Å²) < 4.78 is 26.8. The Hall–Kier alpha value is -2.70. The molecule has 4 rings (SSSR count). The van der Waals surface area contributed by atoms with Gasteiger partial charge in [0.1, 0.15) is 5.84 Å². The van der Waals surface area contributed by atoms with Crippen LogP contribution in [0.4, 0.5) is 8.78 Å². The summed E-state index contributed by atoms with van der Waals surface area (Å²) in [4.78, 5) is 20.3. The van der Waals surface area contributed by atoms with Crippen LogP contribution in [0.15, 0.2) is 50.4 Å². The molecule has 0 unspecified atom stereocenters. The largest absolute Gasteiger partial charge is 0.375 e. The molecule has 1 saturated heterocycles. The zero-order chi connectivity index (χ0) is 25.6. The van der Waals surface area contributed by atoms with Crippen LogP contribution in [0, 0.1) is 23.0 Å². The topological polar surface area (TPSA) is 52.7 Å². The van der Waals surface area contributed by atoms with E-state index in [4.69, 9.17) is 0 Å². The third kappa shape index (κ3) is 6.30. The average molecular weight is 484 g/mol. The van der Waals surface area contributed by atoms with Crippen LogP contribution in [0.25, 0.3) is 0 Å². The van der Waals surface area contributed by atoms with Gasteiger partial charge in [0, 0.05) is 55.2 Å². The van der Waals surface area contributed by atoms with Gasteiger partial charge in [-0.25, -0.2) is 18.8 Å². The van der Waals surface area contributed by atoms with E-state index in [0.717, 1.165) is 67.8 Å². The molecular weight excluding hydrogens is 444 g/mol. The molecule has 1 aliphatic carbocycles. The highest BCUT2D eigenvalue weighted by molar-refractivity contribution is 6.12. The summed E-state index contributed by atoms with van der Waals surface area (Å²) in [5.74, 6) is 0.0683. The molecule has 5 nitrogen and oxygen atoms in total. The second-order valence-electron chi connectivity index (χ2n) is 9.51. The van der Waals surface area contributed by atoms with Gasteiger partial charge in [0.05, 0.1) is 6.54 Å². The molecule has 1 aromatic rings. The van der Waals surface area contributed by atoms with E-state index in [1.807, 2.05) is 20.8 Å². The molecule has 3 aliphatic rings. The quantitative estimate of drug-likeness (QED) is 0.337. The maximum atomic E-state index is 13.6. The van der Waals surface area contributed by atoms with Crippen LogP contribution in [0.2, 0.25) is 0 Å². The molecule has 0 atom stereocenters. The molecule has 0 aromatic heterocycles. The van der Waals surface area contributed by atoms with Crippen molar-refractivity contribution in [3.05, 3.63) is 47.7 Å². The van der Waals surface area contributed by atoms with E-state index in [0.29, 0.717) is 29.3 Å². The summed E-state index contributed by atoms with van der Waals surface area (Å²) in [5.41, 5.74) is 4.30. The number of aliphatic imine (C=N–C) groups is 4. The first-order chi connectivity index (χ1) is 16.8. The number of rotatable bonds is 6. The Morgan fingerprint density at radius 2 is 1.86 bits per heavy atom. The highest BCUT2D eigenvalue weighted by Crippen LogP contribution is 2.53. The molecule has 0 bridgehead atoms. The number of benzene rings is 1. The van der Waals surface area contributed by atoms with Gasteiger partial charge in [-0.1, -0.05) is 27.4 Å². The lowest BCUT2D eigenvalue weighted by molar-refractivity contribution is 0.0209. The Morgan fingerprint density at radius 1 is 1.17 bits per heavy atom. The van der Waals surface area contributed by atoms with Crippen molar-refractivity contribution in [1.29, 1.82) is 0 Å². The zero-order valence-corrected chi connectivity index (χ0v) is 21.9.